The number of rotatable bonds is 3. The van der Waals surface area contributed by atoms with Gasteiger partial charge in [-0.15, -0.1) is 0 Å². The summed E-state index contributed by atoms with van der Waals surface area (Å²) >= 11 is 0. The van der Waals surface area contributed by atoms with Crippen molar-refractivity contribution < 1.29 is 13.2 Å². The highest BCUT2D eigenvalue weighted by Crippen LogP contribution is 2.22. The number of nitrogens with one attached hydrogen (secondary N) is 1. The van der Waals surface area contributed by atoms with Gasteiger partial charge in [0.05, 0.1) is 34.7 Å². The largest absolute Gasteiger partial charge is 0.324 e. The fourth-order valence-corrected chi connectivity index (χ4v) is 2.71. The first-order valence-corrected chi connectivity index (χ1v) is 7.88. The van der Waals surface area contributed by atoms with Crippen LogP contribution in [0.2, 0.25) is 0 Å². The average Bonchev–Trinajstić information content (AvgIpc) is 2.64. The molecule has 27 heavy (non-hydrogen) atoms. The molecule has 4 rings (SSSR count). The van der Waals surface area contributed by atoms with Crippen molar-refractivity contribution in [1.29, 1.82) is 0 Å². The van der Waals surface area contributed by atoms with E-state index in [1.807, 2.05) is 0 Å². The Morgan fingerprint density at radius 2 is 1.74 bits per heavy atom. The Bertz CT molecular complexity index is 1220. The molecule has 0 fully saturated rings. The van der Waals surface area contributed by atoms with E-state index in [9.17, 15) is 18.0 Å². The molecule has 0 saturated carbocycles. The van der Waals surface area contributed by atoms with Crippen molar-refractivity contribution in [2.75, 3.05) is 5.32 Å². The molecule has 2 aromatic heterocycles. The van der Waals surface area contributed by atoms with Crippen LogP contribution in [-0.2, 0) is 0 Å². The number of anilines is 2. The van der Waals surface area contributed by atoms with Gasteiger partial charge in [-0.25, -0.2) is 22.7 Å². The molecule has 0 atom stereocenters. The lowest BCUT2D eigenvalue weighted by Gasteiger charge is -2.15. The molecule has 0 bridgehead atoms. The van der Waals surface area contributed by atoms with E-state index in [1.54, 1.807) is 6.07 Å². The van der Waals surface area contributed by atoms with Gasteiger partial charge in [-0.3, -0.25) is 9.78 Å². The number of hydrogen-bond acceptors (Lipinski definition) is 4. The molecule has 8 heteroatoms. The molecule has 0 aliphatic heterocycles. The van der Waals surface area contributed by atoms with Gasteiger partial charge in [0, 0.05) is 6.07 Å². The van der Waals surface area contributed by atoms with Crippen LogP contribution in [0.15, 0.2) is 65.7 Å². The summed E-state index contributed by atoms with van der Waals surface area (Å²) in [4.78, 5) is 21.0. The molecular weight excluding hydrogens is 357 g/mol. The second kappa shape index (κ2) is 6.56. The van der Waals surface area contributed by atoms with E-state index in [4.69, 9.17) is 0 Å². The van der Waals surface area contributed by atoms with Gasteiger partial charge < -0.3 is 5.32 Å². The standard InChI is InChI=1S/C19H11F3N4O/c20-11-5-6-16-14(8-11)18(27)26(17-4-2-1-3-15(17)22)19(25-16)24-13-7-12(21)9-23-10-13/h1-10H,(H,24,25). The van der Waals surface area contributed by atoms with Crippen LogP contribution in [0.25, 0.3) is 16.6 Å². The number of para-hydroxylation sites is 1. The topological polar surface area (TPSA) is 59.8 Å². The Morgan fingerprint density at radius 1 is 0.926 bits per heavy atom. The summed E-state index contributed by atoms with van der Waals surface area (Å²) in [6, 6.07) is 10.3. The summed E-state index contributed by atoms with van der Waals surface area (Å²) in [5.74, 6) is -1.94. The smallest absolute Gasteiger partial charge is 0.267 e. The summed E-state index contributed by atoms with van der Waals surface area (Å²) in [7, 11) is 0. The van der Waals surface area contributed by atoms with Crippen LogP contribution in [0, 0.1) is 17.5 Å². The maximum atomic E-state index is 14.4. The molecular formula is C19H11F3N4O. The van der Waals surface area contributed by atoms with E-state index in [-0.39, 0.29) is 28.2 Å². The monoisotopic (exact) mass is 368 g/mol. The van der Waals surface area contributed by atoms with Crippen LogP contribution < -0.4 is 10.9 Å². The van der Waals surface area contributed by atoms with Crippen LogP contribution in [0.1, 0.15) is 0 Å². The molecule has 0 saturated heterocycles. The minimum atomic E-state index is -0.670. The van der Waals surface area contributed by atoms with Gasteiger partial charge in [-0.1, -0.05) is 12.1 Å². The van der Waals surface area contributed by atoms with E-state index >= 15 is 0 Å². The zero-order chi connectivity index (χ0) is 19.0. The quantitative estimate of drug-likeness (QED) is 0.595. The maximum absolute atomic E-state index is 14.4. The van der Waals surface area contributed by atoms with Crippen molar-refractivity contribution >= 4 is 22.5 Å². The SMILES string of the molecule is O=c1c2cc(F)ccc2nc(Nc2cncc(F)c2)n1-c1ccccc1F. The number of halogens is 3. The van der Waals surface area contributed by atoms with Gasteiger partial charge in [-0.05, 0) is 30.3 Å². The summed E-state index contributed by atoms with van der Waals surface area (Å²) in [5.41, 5.74) is -0.321. The molecule has 5 nitrogen and oxygen atoms in total. The molecule has 4 aromatic rings. The predicted octanol–water partition coefficient (Wildman–Crippen LogP) is 3.94. The number of benzene rings is 2. The Labute approximate surface area is 150 Å². The fraction of sp³-hybridized carbons (Fsp3) is 0. The van der Waals surface area contributed by atoms with Gasteiger partial charge >= 0.3 is 0 Å². The third kappa shape index (κ3) is 3.12. The van der Waals surface area contributed by atoms with Crippen molar-refractivity contribution in [2.24, 2.45) is 0 Å². The second-order valence-electron chi connectivity index (χ2n) is 5.71. The van der Waals surface area contributed by atoms with E-state index in [1.165, 1.54) is 30.5 Å². The molecule has 134 valence electrons. The third-order valence-corrected chi connectivity index (χ3v) is 3.88. The second-order valence-corrected chi connectivity index (χ2v) is 5.71. The summed E-state index contributed by atoms with van der Waals surface area (Å²) in [6.07, 6.45) is 2.35. The van der Waals surface area contributed by atoms with Gasteiger partial charge in [0.2, 0.25) is 5.95 Å². The van der Waals surface area contributed by atoms with Crippen molar-refractivity contribution in [3.8, 4) is 5.69 Å². The molecule has 1 N–H and O–H groups in total. The Morgan fingerprint density at radius 3 is 2.52 bits per heavy atom. The van der Waals surface area contributed by atoms with Gasteiger partial charge in [-0.2, -0.15) is 0 Å². The normalized spacial score (nSPS) is 10.9. The molecule has 0 aliphatic rings. The first kappa shape index (κ1) is 16.8. The number of hydrogen-bond donors (Lipinski definition) is 1. The lowest BCUT2D eigenvalue weighted by atomic mass is 10.2. The van der Waals surface area contributed by atoms with Crippen molar-refractivity contribution in [2.45, 2.75) is 0 Å². The van der Waals surface area contributed by atoms with E-state index in [0.29, 0.717) is 0 Å². The summed E-state index contributed by atoms with van der Waals surface area (Å²) in [5, 5.41) is 2.76. The molecule has 2 aromatic carbocycles. The molecule has 0 spiro atoms. The molecule has 0 unspecified atom stereocenters. The maximum Gasteiger partial charge on any atom is 0.267 e. The predicted molar refractivity (Wildman–Crippen MR) is 94.7 cm³/mol. The molecule has 2 heterocycles. The van der Waals surface area contributed by atoms with Crippen LogP contribution in [-0.4, -0.2) is 14.5 Å². The Kier molecular flexibility index (Phi) is 4.08. The average molecular weight is 368 g/mol. The van der Waals surface area contributed by atoms with Crippen molar-refractivity contribution in [1.82, 2.24) is 14.5 Å². The third-order valence-electron chi connectivity index (χ3n) is 3.88. The number of aromatic nitrogens is 3. The zero-order valence-corrected chi connectivity index (χ0v) is 13.7. The van der Waals surface area contributed by atoms with Crippen LogP contribution in [0.3, 0.4) is 0 Å². The van der Waals surface area contributed by atoms with Gasteiger partial charge in [0.15, 0.2) is 0 Å². The minimum Gasteiger partial charge on any atom is -0.324 e. The Balaban J connectivity index is 2.01. The van der Waals surface area contributed by atoms with E-state index < -0.39 is 23.0 Å². The highest BCUT2D eigenvalue weighted by Gasteiger charge is 2.16. The number of nitrogens with zero attached hydrogens (tertiary/aromatic N) is 3. The summed E-state index contributed by atoms with van der Waals surface area (Å²) < 4.78 is 42.4. The van der Waals surface area contributed by atoms with Gasteiger partial charge in [0.25, 0.3) is 5.56 Å². The fourth-order valence-electron chi connectivity index (χ4n) is 2.71. The van der Waals surface area contributed by atoms with Crippen LogP contribution in [0.5, 0.6) is 0 Å². The minimum absolute atomic E-state index is 0.0128. The Hall–Kier alpha value is -3.68. The highest BCUT2D eigenvalue weighted by atomic mass is 19.1. The summed E-state index contributed by atoms with van der Waals surface area (Å²) in [6.45, 7) is 0. The van der Waals surface area contributed by atoms with Crippen molar-refractivity contribution in [3.05, 3.63) is 88.7 Å². The van der Waals surface area contributed by atoms with Crippen LogP contribution >= 0.6 is 0 Å². The first-order chi connectivity index (χ1) is 13.0. The lowest BCUT2D eigenvalue weighted by molar-refractivity contribution is 0.616. The highest BCUT2D eigenvalue weighted by molar-refractivity contribution is 5.80. The number of fused-ring (bicyclic) bond motifs is 1. The van der Waals surface area contributed by atoms with Gasteiger partial charge in [0.1, 0.15) is 17.5 Å². The molecule has 0 amide bonds. The lowest BCUT2D eigenvalue weighted by Crippen LogP contribution is -2.23. The van der Waals surface area contributed by atoms with E-state index in [2.05, 4.69) is 15.3 Å². The van der Waals surface area contributed by atoms with Crippen molar-refractivity contribution in [3.63, 3.8) is 0 Å². The zero-order valence-electron chi connectivity index (χ0n) is 13.7. The first-order valence-electron chi connectivity index (χ1n) is 7.88. The number of pyridine rings is 1. The molecule has 0 aliphatic carbocycles. The van der Waals surface area contributed by atoms with E-state index in [0.717, 1.165) is 29.0 Å². The van der Waals surface area contributed by atoms with Crippen LogP contribution in [0.4, 0.5) is 24.8 Å². The molecule has 0 radical (unpaired) electrons.